The van der Waals surface area contributed by atoms with Crippen molar-refractivity contribution in [3.05, 3.63) is 60.2 Å². The molecule has 0 spiro atoms. The second-order valence-electron chi connectivity index (χ2n) is 7.06. The lowest BCUT2D eigenvalue weighted by molar-refractivity contribution is 0.149. The van der Waals surface area contributed by atoms with Crippen LogP contribution in [0.2, 0.25) is 0 Å². The minimum Gasteiger partial charge on any atom is -0.461 e. The van der Waals surface area contributed by atoms with Gasteiger partial charge in [0.1, 0.15) is 5.69 Å². The minimum atomic E-state index is -0.0971. The highest BCUT2D eigenvalue weighted by atomic mass is 16.5. The first-order valence-corrected chi connectivity index (χ1v) is 9.73. The van der Waals surface area contributed by atoms with E-state index in [9.17, 15) is 4.79 Å². The summed E-state index contributed by atoms with van der Waals surface area (Å²) in [5, 5.41) is 7.00. The number of carbonyl (C=O) groups is 1. The van der Waals surface area contributed by atoms with Crippen LogP contribution in [0, 0.1) is 0 Å². The van der Waals surface area contributed by atoms with Crippen LogP contribution in [-0.2, 0) is 13.1 Å². The molecule has 7 heteroatoms. The topological polar surface area (TPSA) is 84.4 Å². The Morgan fingerprint density at radius 3 is 2.75 bits per heavy atom. The third-order valence-electron chi connectivity index (χ3n) is 5.08. The van der Waals surface area contributed by atoms with Crippen LogP contribution in [0.25, 0.3) is 11.5 Å². The van der Waals surface area contributed by atoms with Gasteiger partial charge in [-0.3, -0.25) is 4.98 Å². The maximum absolute atomic E-state index is 13.0. The molecular formula is C21H24N4O3. The van der Waals surface area contributed by atoms with E-state index in [1.165, 1.54) is 6.42 Å². The molecule has 28 heavy (non-hydrogen) atoms. The highest BCUT2D eigenvalue weighted by Gasteiger charge is 2.26. The summed E-state index contributed by atoms with van der Waals surface area (Å²) in [5.74, 6) is 1.16. The van der Waals surface area contributed by atoms with Gasteiger partial charge in [-0.1, -0.05) is 30.5 Å². The number of nitrogens with zero attached hydrogens (tertiary/aromatic N) is 3. The molecule has 2 amide bonds. The van der Waals surface area contributed by atoms with Crippen LogP contribution in [0.4, 0.5) is 4.79 Å². The van der Waals surface area contributed by atoms with E-state index in [-0.39, 0.29) is 12.1 Å². The van der Waals surface area contributed by atoms with Crippen molar-refractivity contribution < 1.29 is 13.7 Å². The molecule has 0 atom stereocenters. The van der Waals surface area contributed by atoms with Crippen LogP contribution >= 0.6 is 0 Å². The molecule has 0 bridgehead atoms. The molecule has 1 aliphatic rings. The third kappa shape index (κ3) is 4.42. The molecule has 0 radical (unpaired) electrons. The van der Waals surface area contributed by atoms with Gasteiger partial charge < -0.3 is 19.2 Å². The summed E-state index contributed by atoms with van der Waals surface area (Å²) >= 11 is 0. The minimum absolute atomic E-state index is 0.0971. The van der Waals surface area contributed by atoms with E-state index >= 15 is 0 Å². The van der Waals surface area contributed by atoms with Gasteiger partial charge in [-0.15, -0.1) is 0 Å². The zero-order valence-electron chi connectivity index (χ0n) is 15.7. The lowest BCUT2D eigenvalue weighted by Crippen LogP contribution is -2.46. The van der Waals surface area contributed by atoms with Crippen molar-refractivity contribution in [3.63, 3.8) is 0 Å². The number of rotatable bonds is 6. The number of nitrogens with one attached hydrogen (secondary N) is 1. The highest BCUT2D eigenvalue weighted by Crippen LogP contribution is 2.24. The second-order valence-corrected chi connectivity index (χ2v) is 7.06. The second kappa shape index (κ2) is 8.73. The predicted molar refractivity (Wildman–Crippen MR) is 103 cm³/mol. The van der Waals surface area contributed by atoms with Gasteiger partial charge in [0.05, 0.1) is 25.0 Å². The Labute approximate surface area is 163 Å². The molecule has 3 aromatic rings. The van der Waals surface area contributed by atoms with Crippen LogP contribution < -0.4 is 5.32 Å². The first kappa shape index (κ1) is 18.3. The molecule has 4 rings (SSSR count). The number of hydrogen-bond acceptors (Lipinski definition) is 5. The molecule has 0 saturated heterocycles. The van der Waals surface area contributed by atoms with Crippen molar-refractivity contribution in [1.29, 1.82) is 0 Å². The Bertz CT molecular complexity index is 870. The molecule has 146 valence electrons. The van der Waals surface area contributed by atoms with E-state index in [2.05, 4.69) is 15.5 Å². The van der Waals surface area contributed by atoms with Crippen molar-refractivity contribution in [2.24, 2.45) is 0 Å². The molecule has 7 nitrogen and oxygen atoms in total. The lowest BCUT2D eigenvalue weighted by atomic mass is 9.94. The standard InChI is InChI=1S/C21H24N4O3/c26-21(23-14-17-13-20(28-24-17)19-10-6-12-27-19)25(18-8-2-1-3-9-18)15-16-7-4-5-11-22-16/h4-7,10-13,18H,1-3,8-9,14-15H2,(H,23,26). The van der Waals surface area contributed by atoms with Crippen molar-refractivity contribution in [2.45, 2.75) is 51.2 Å². The summed E-state index contributed by atoms with van der Waals surface area (Å²) < 4.78 is 10.6. The van der Waals surface area contributed by atoms with Crippen molar-refractivity contribution in [3.8, 4) is 11.5 Å². The fraction of sp³-hybridized carbons (Fsp3) is 0.381. The van der Waals surface area contributed by atoms with Gasteiger partial charge in [0.25, 0.3) is 0 Å². The fourth-order valence-electron chi connectivity index (χ4n) is 3.62. The SMILES string of the molecule is O=C(NCc1cc(-c2ccco2)on1)N(Cc1ccccn1)C1CCCCC1. The Morgan fingerprint density at radius 2 is 2.00 bits per heavy atom. The average molecular weight is 380 g/mol. The summed E-state index contributed by atoms with van der Waals surface area (Å²) in [4.78, 5) is 19.3. The largest absolute Gasteiger partial charge is 0.461 e. The first-order chi connectivity index (χ1) is 13.8. The maximum atomic E-state index is 13.0. The van der Waals surface area contributed by atoms with Gasteiger partial charge in [-0.25, -0.2) is 4.79 Å². The highest BCUT2D eigenvalue weighted by molar-refractivity contribution is 5.74. The number of carbonyl (C=O) groups excluding carboxylic acids is 1. The molecule has 3 aromatic heterocycles. The number of furan rings is 1. The third-order valence-corrected chi connectivity index (χ3v) is 5.08. The zero-order valence-corrected chi connectivity index (χ0v) is 15.7. The van der Waals surface area contributed by atoms with Gasteiger partial charge in [-0.05, 0) is 37.1 Å². The molecule has 1 aliphatic carbocycles. The maximum Gasteiger partial charge on any atom is 0.318 e. The van der Waals surface area contributed by atoms with Crippen LogP contribution in [-0.4, -0.2) is 27.1 Å². The van der Waals surface area contributed by atoms with Crippen LogP contribution in [0.3, 0.4) is 0 Å². The summed E-state index contributed by atoms with van der Waals surface area (Å²) in [6, 6.07) is 11.3. The van der Waals surface area contributed by atoms with E-state index in [1.54, 1.807) is 30.7 Å². The molecule has 0 unspecified atom stereocenters. The van der Waals surface area contributed by atoms with Crippen LogP contribution in [0.15, 0.2) is 57.8 Å². The Kier molecular flexibility index (Phi) is 5.70. The average Bonchev–Trinajstić information content (AvgIpc) is 3.43. The summed E-state index contributed by atoms with van der Waals surface area (Å²) in [7, 11) is 0. The Balaban J connectivity index is 1.41. The molecule has 0 aliphatic heterocycles. The summed E-state index contributed by atoms with van der Waals surface area (Å²) in [5.41, 5.74) is 1.55. The smallest absolute Gasteiger partial charge is 0.318 e. The summed E-state index contributed by atoms with van der Waals surface area (Å²) in [6.07, 6.45) is 8.97. The number of amides is 2. The lowest BCUT2D eigenvalue weighted by Gasteiger charge is -2.34. The van der Waals surface area contributed by atoms with Crippen molar-refractivity contribution in [2.75, 3.05) is 0 Å². The van der Waals surface area contributed by atoms with Gasteiger partial charge in [0, 0.05) is 18.3 Å². The van der Waals surface area contributed by atoms with E-state index in [4.69, 9.17) is 8.94 Å². The van der Waals surface area contributed by atoms with E-state index in [0.29, 0.717) is 30.3 Å². The Morgan fingerprint density at radius 1 is 1.11 bits per heavy atom. The fourth-order valence-corrected chi connectivity index (χ4v) is 3.62. The van der Waals surface area contributed by atoms with Gasteiger partial charge in [0.15, 0.2) is 5.76 Å². The van der Waals surface area contributed by atoms with E-state index < -0.39 is 0 Å². The molecule has 0 aromatic carbocycles. The van der Waals surface area contributed by atoms with Crippen molar-refractivity contribution >= 4 is 6.03 Å². The summed E-state index contributed by atoms with van der Waals surface area (Å²) in [6.45, 7) is 0.808. The number of pyridine rings is 1. The molecule has 1 fully saturated rings. The quantitative estimate of drug-likeness (QED) is 0.686. The molecule has 3 heterocycles. The Hall–Kier alpha value is -3.09. The van der Waals surface area contributed by atoms with Gasteiger partial charge in [-0.2, -0.15) is 0 Å². The number of aromatic nitrogens is 2. The normalized spacial score (nSPS) is 14.7. The van der Waals surface area contributed by atoms with E-state index in [1.807, 2.05) is 23.1 Å². The molecular weight excluding hydrogens is 356 g/mol. The van der Waals surface area contributed by atoms with Gasteiger partial charge >= 0.3 is 6.03 Å². The molecule has 1 N–H and O–H groups in total. The van der Waals surface area contributed by atoms with Crippen molar-refractivity contribution in [1.82, 2.24) is 20.4 Å². The number of urea groups is 1. The van der Waals surface area contributed by atoms with Crippen LogP contribution in [0.5, 0.6) is 0 Å². The monoisotopic (exact) mass is 380 g/mol. The van der Waals surface area contributed by atoms with Gasteiger partial charge in [0.2, 0.25) is 5.76 Å². The molecule has 1 saturated carbocycles. The number of hydrogen-bond donors (Lipinski definition) is 1. The van der Waals surface area contributed by atoms with E-state index in [0.717, 1.165) is 31.4 Å². The van der Waals surface area contributed by atoms with Crippen LogP contribution in [0.1, 0.15) is 43.5 Å². The predicted octanol–water partition coefficient (Wildman–Crippen LogP) is 4.37. The zero-order chi connectivity index (χ0) is 19.2. The first-order valence-electron chi connectivity index (χ1n) is 9.73.